The van der Waals surface area contributed by atoms with Crippen LogP contribution in [0.15, 0.2) is 78.1 Å². The predicted octanol–water partition coefficient (Wildman–Crippen LogP) is 5.24. The lowest BCUT2D eigenvalue weighted by atomic mass is 10.2. The lowest BCUT2D eigenvalue weighted by Crippen LogP contribution is -2.23. The molecule has 0 spiro atoms. The molecule has 1 unspecified atom stereocenters. The van der Waals surface area contributed by atoms with Gasteiger partial charge in [0.05, 0.1) is 10.3 Å². The van der Waals surface area contributed by atoms with E-state index in [4.69, 9.17) is 11.6 Å². The van der Waals surface area contributed by atoms with Crippen LogP contribution in [0.1, 0.15) is 6.92 Å². The van der Waals surface area contributed by atoms with E-state index < -0.39 is 5.25 Å². The van der Waals surface area contributed by atoms with Crippen molar-refractivity contribution in [2.24, 2.45) is 0 Å². The topological polar surface area (TPSA) is 72.7 Å². The molecule has 31 heavy (non-hydrogen) atoms. The van der Waals surface area contributed by atoms with E-state index in [1.165, 1.54) is 30.1 Å². The van der Waals surface area contributed by atoms with E-state index >= 15 is 0 Å². The standard InChI is InChI=1S/C22H17ClFN5OS/c1-14(21(30)26-19-12-7-16(23)13-25-19)31-22-28-27-20(15-5-3-2-4-6-15)29(22)18-10-8-17(24)9-11-18/h2-14H,1H3,(H,25,26,30). The van der Waals surface area contributed by atoms with Crippen LogP contribution in [0, 0.1) is 5.82 Å². The number of hydrogen-bond donors (Lipinski definition) is 1. The Hall–Kier alpha value is -3.23. The fourth-order valence-corrected chi connectivity index (χ4v) is 3.81. The Bertz CT molecular complexity index is 1180. The van der Waals surface area contributed by atoms with Gasteiger partial charge in [0.2, 0.25) is 5.91 Å². The first-order chi connectivity index (χ1) is 15.0. The van der Waals surface area contributed by atoms with Gasteiger partial charge in [-0.1, -0.05) is 53.7 Å². The zero-order chi connectivity index (χ0) is 21.8. The van der Waals surface area contributed by atoms with Crippen molar-refractivity contribution in [1.82, 2.24) is 19.7 Å². The van der Waals surface area contributed by atoms with Gasteiger partial charge in [0, 0.05) is 17.4 Å². The molecule has 2 aromatic heterocycles. The van der Waals surface area contributed by atoms with Crippen LogP contribution < -0.4 is 5.32 Å². The number of rotatable bonds is 6. The van der Waals surface area contributed by atoms with Crippen LogP contribution in [0.4, 0.5) is 10.2 Å². The number of aromatic nitrogens is 4. The number of carbonyl (C=O) groups excluding carboxylic acids is 1. The second-order valence-electron chi connectivity index (χ2n) is 6.60. The largest absolute Gasteiger partial charge is 0.310 e. The van der Waals surface area contributed by atoms with Gasteiger partial charge in [-0.25, -0.2) is 9.37 Å². The predicted molar refractivity (Wildman–Crippen MR) is 120 cm³/mol. The minimum atomic E-state index is -0.496. The highest BCUT2D eigenvalue weighted by atomic mass is 35.5. The van der Waals surface area contributed by atoms with Crippen molar-refractivity contribution in [3.63, 3.8) is 0 Å². The van der Waals surface area contributed by atoms with Crippen LogP contribution in [0.5, 0.6) is 0 Å². The van der Waals surface area contributed by atoms with Gasteiger partial charge in [-0.15, -0.1) is 10.2 Å². The molecule has 0 fully saturated rings. The van der Waals surface area contributed by atoms with Crippen molar-refractivity contribution in [1.29, 1.82) is 0 Å². The second kappa shape index (κ2) is 9.28. The molecule has 4 rings (SSSR count). The van der Waals surface area contributed by atoms with Gasteiger partial charge in [-0.3, -0.25) is 9.36 Å². The lowest BCUT2D eigenvalue weighted by molar-refractivity contribution is -0.115. The number of halogens is 2. The third-order valence-corrected chi connectivity index (χ3v) is 5.65. The van der Waals surface area contributed by atoms with Crippen molar-refractivity contribution >= 4 is 35.1 Å². The van der Waals surface area contributed by atoms with E-state index in [2.05, 4.69) is 20.5 Å². The highest BCUT2D eigenvalue weighted by molar-refractivity contribution is 8.00. The zero-order valence-corrected chi connectivity index (χ0v) is 17.9. The highest BCUT2D eigenvalue weighted by Crippen LogP contribution is 2.30. The molecule has 0 aliphatic rings. The molecule has 9 heteroatoms. The minimum absolute atomic E-state index is 0.241. The average Bonchev–Trinajstić information content (AvgIpc) is 3.20. The molecule has 0 aliphatic heterocycles. The smallest absolute Gasteiger partial charge is 0.238 e. The summed E-state index contributed by atoms with van der Waals surface area (Å²) in [5, 5.41) is 11.9. The minimum Gasteiger partial charge on any atom is -0.310 e. The molecule has 2 aromatic carbocycles. The molecule has 1 atom stereocenters. The van der Waals surface area contributed by atoms with Gasteiger partial charge >= 0.3 is 0 Å². The van der Waals surface area contributed by atoms with Gasteiger partial charge in [0.15, 0.2) is 11.0 Å². The van der Waals surface area contributed by atoms with Crippen LogP contribution in [-0.4, -0.2) is 30.9 Å². The van der Waals surface area contributed by atoms with Crippen LogP contribution in [-0.2, 0) is 4.79 Å². The Labute approximate surface area is 187 Å². The summed E-state index contributed by atoms with van der Waals surface area (Å²) in [4.78, 5) is 16.7. The molecule has 1 amide bonds. The Kier molecular flexibility index (Phi) is 6.29. The summed E-state index contributed by atoms with van der Waals surface area (Å²) in [7, 11) is 0. The van der Waals surface area contributed by atoms with E-state index in [1.54, 1.807) is 31.2 Å². The molecular formula is C22H17ClFN5OS. The van der Waals surface area contributed by atoms with Crippen LogP contribution in [0.25, 0.3) is 17.1 Å². The first-order valence-electron chi connectivity index (χ1n) is 9.37. The second-order valence-corrected chi connectivity index (χ2v) is 8.34. The SMILES string of the molecule is CC(Sc1nnc(-c2ccccc2)n1-c1ccc(F)cc1)C(=O)Nc1ccc(Cl)cn1. The molecule has 2 heterocycles. The van der Waals surface area contributed by atoms with Gasteiger partial charge in [-0.05, 0) is 43.3 Å². The maximum Gasteiger partial charge on any atom is 0.238 e. The Morgan fingerprint density at radius 2 is 1.81 bits per heavy atom. The summed E-state index contributed by atoms with van der Waals surface area (Å²) < 4.78 is 15.3. The summed E-state index contributed by atoms with van der Waals surface area (Å²) in [5.74, 6) is 0.429. The van der Waals surface area contributed by atoms with Crippen molar-refractivity contribution < 1.29 is 9.18 Å². The third kappa shape index (κ3) is 4.92. The van der Waals surface area contributed by atoms with Crippen molar-refractivity contribution in [3.05, 3.63) is 83.8 Å². The van der Waals surface area contributed by atoms with Gasteiger partial charge < -0.3 is 5.32 Å². The first-order valence-corrected chi connectivity index (χ1v) is 10.6. The number of pyridine rings is 1. The van der Waals surface area contributed by atoms with Crippen LogP contribution in [0.3, 0.4) is 0 Å². The monoisotopic (exact) mass is 453 g/mol. The first kappa shape index (κ1) is 21.0. The molecule has 156 valence electrons. The molecule has 0 radical (unpaired) electrons. The zero-order valence-electron chi connectivity index (χ0n) is 16.4. The van der Waals surface area contributed by atoms with Crippen molar-refractivity contribution in [3.8, 4) is 17.1 Å². The molecule has 6 nitrogen and oxygen atoms in total. The van der Waals surface area contributed by atoms with E-state index in [0.29, 0.717) is 27.5 Å². The summed E-state index contributed by atoms with van der Waals surface area (Å²) in [6, 6.07) is 18.9. The van der Waals surface area contributed by atoms with Crippen LogP contribution >= 0.6 is 23.4 Å². The van der Waals surface area contributed by atoms with E-state index in [0.717, 1.165) is 5.56 Å². The molecule has 4 aromatic rings. The number of benzene rings is 2. The van der Waals surface area contributed by atoms with Gasteiger partial charge in [-0.2, -0.15) is 0 Å². The molecule has 0 saturated heterocycles. The number of thioether (sulfide) groups is 1. The van der Waals surface area contributed by atoms with Gasteiger partial charge in [0.25, 0.3) is 0 Å². The number of nitrogens with zero attached hydrogens (tertiary/aromatic N) is 4. The normalized spacial score (nSPS) is 11.8. The number of anilines is 1. The maximum absolute atomic E-state index is 13.5. The van der Waals surface area contributed by atoms with E-state index in [1.807, 2.05) is 34.9 Å². The van der Waals surface area contributed by atoms with Crippen LogP contribution in [0.2, 0.25) is 5.02 Å². The van der Waals surface area contributed by atoms with E-state index in [-0.39, 0.29) is 11.7 Å². The molecule has 0 saturated carbocycles. The molecule has 1 N–H and O–H groups in total. The quantitative estimate of drug-likeness (QED) is 0.404. The average molecular weight is 454 g/mol. The Morgan fingerprint density at radius 3 is 2.48 bits per heavy atom. The lowest BCUT2D eigenvalue weighted by Gasteiger charge is -2.14. The fraction of sp³-hybridized carbons (Fsp3) is 0.0909. The highest BCUT2D eigenvalue weighted by Gasteiger charge is 2.22. The summed E-state index contributed by atoms with van der Waals surface area (Å²) in [6.45, 7) is 1.77. The number of carbonyl (C=O) groups is 1. The third-order valence-electron chi connectivity index (χ3n) is 4.38. The molecule has 0 aliphatic carbocycles. The van der Waals surface area contributed by atoms with Crippen molar-refractivity contribution in [2.75, 3.05) is 5.32 Å². The summed E-state index contributed by atoms with van der Waals surface area (Å²) in [6.07, 6.45) is 1.46. The summed E-state index contributed by atoms with van der Waals surface area (Å²) >= 11 is 7.08. The fourth-order valence-electron chi connectivity index (χ4n) is 2.83. The number of amides is 1. The number of hydrogen-bond acceptors (Lipinski definition) is 5. The molecule has 0 bridgehead atoms. The number of nitrogens with one attached hydrogen (secondary N) is 1. The van der Waals surface area contributed by atoms with Crippen molar-refractivity contribution in [2.45, 2.75) is 17.3 Å². The van der Waals surface area contributed by atoms with E-state index in [9.17, 15) is 9.18 Å². The Balaban J connectivity index is 1.63. The maximum atomic E-state index is 13.5. The molecular weight excluding hydrogens is 437 g/mol. The summed E-state index contributed by atoms with van der Waals surface area (Å²) in [5.41, 5.74) is 1.55. The Morgan fingerprint density at radius 1 is 1.06 bits per heavy atom. The van der Waals surface area contributed by atoms with Gasteiger partial charge in [0.1, 0.15) is 11.6 Å².